The van der Waals surface area contributed by atoms with Crippen LogP contribution in [0.1, 0.15) is 25.5 Å². The first-order chi connectivity index (χ1) is 9.69. The van der Waals surface area contributed by atoms with Gasteiger partial charge >= 0.3 is 0 Å². The van der Waals surface area contributed by atoms with Crippen LogP contribution in [0.25, 0.3) is 5.52 Å². The van der Waals surface area contributed by atoms with Crippen molar-refractivity contribution in [3.63, 3.8) is 0 Å². The molecular formula is C14H21N5O. The van der Waals surface area contributed by atoms with Crippen LogP contribution in [0.2, 0.25) is 0 Å². The molecule has 2 N–H and O–H groups in total. The average Bonchev–Trinajstić information content (AvgIpc) is 2.91. The van der Waals surface area contributed by atoms with Crippen LogP contribution in [0.4, 0.5) is 5.82 Å². The van der Waals surface area contributed by atoms with E-state index in [0.717, 1.165) is 30.1 Å². The van der Waals surface area contributed by atoms with E-state index < -0.39 is 0 Å². The summed E-state index contributed by atoms with van der Waals surface area (Å²) >= 11 is 0. The van der Waals surface area contributed by atoms with Gasteiger partial charge < -0.3 is 15.4 Å². The van der Waals surface area contributed by atoms with E-state index in [2.05, 4.69) is 34.9 Å². The topological polar surface area (TPSA) is 68.7 Å². The minimum atomic E-state index is 0.0818. The summed E-state index contributed by atoms with van der Waals surface area (Å²) in [6.45, 7) is 7.14. The second kappa shape index (κ2) is 5.38. The van der Waals surface area contributed by atoms with Gasteiger partial charge in [0.15, 0.2) is 5.82 Å². The van der Waals surface area contributed by atoms with E-state index in [1.807, 2.05) is 10.7 Å². The normalized spacial score (nSPS) is 20.0. The maximum atomic E-state index is 5.71. The highest BCUT2D eigenvalue weighted by atomic mass is 16.5. The Bertz CT molecular complexity index is 594. The van der Waals surface area contributed by atoms with Crippen LogP contribution in [-0.4, -0.2) is 46.9 Å². The van der Waals surface area contributed by atoms with Crippen molar-refractivity contribution in [3.05, 3.63) is 24.2 Å². The first-order valence-electron chi connectivity index (χ1n) is 7.10. The summed E-state index contributed by atoms with van der Waals surface area (Å²) in [6, 6.07) is 2.12. The summed E-state index contributed by atoms with van der Waals surface area (Å²) < 4.78 is 7.52. The highest BCUT2D eigenvalue weighted by Gasteiger charge is 2.22. The van der Waals surface area contributed by atoms with Gasteiger partial charge in [0, 0.05) is 32.0 Å². The Morgan fingerprint density at radius 3 is 3.10 bits per heavy atom. The molecule has 2 aromatic heterocycles. The lowest BCUT2D eigenvalue weighted by molar-refractivity contribution is 0.0464. The molecule has 2 aromatic rings. The summed E-state index contributed by atoms with van der Waals surface area (Å²) in [7, 11) is 0. The number of anilines is 1. The van der Waals surface area contributed by atoms with Crippen LogP contribution >= 0.6 is 0 Å². The minimum Gasteiger partial charge on any atom is -0.373 e. The maximum absolute atomic E-state index is 5.71. The molecule has 3 heterocycles. The number of ether oxygens (including phenoxy) is 1. The molecule has 1 aliphatic heterocycles. The van der Waals surface area contributed by atoms with Crippen LogP contribution in [-0.2, 0) is 4.74 Å². The zero-order valence-electron chi connectivity index (χ0n) is 12.0. The summed E-state index contributed by atoms with van der Waals surface area (Å²) in [4.78, 5) is 6.78. The van der Waals surface area contributed by atoms with Crippen molar-refractivity contribution in [1.82, 2.24) is 14.6 Å². The van der Waals surface area contributed by atoms with Gasteiger partial charge in [0.25, 0.3) is 0 Å². The molecule has 1 saturated heterocycles. The Morgan fingerprint density at radius 2 is 2.35 bits per heavy atom. The SMILES string of the molecule is CC(C)c1cc2c(N3CCOC(CN)C3)nccn2n1. The smallest absolute Gasteiger partial charge is 0.154 e. The lowest BCUT2D eigenvalue weighted by Gasteiger charge is -2.33. The first kappa shape index (κ1) is 13.3. The molecule has 0 aliphatic carbocycles. The van der Waals surface area contributed by atoms with E-state index in [1.165, 1.54) is 0 Å². The third-order valence-electron chi connectivity index (χ3n) is 3.68. The Labute approximate surface area is 118 Å². The number of nitrogens with two attached hydrogens (primary N) is 1. The molecule has 1 fully saturated rings. The highest BCUT2D eigenvalue weighted by molar-refractivity contribution is 5.69. The fourth-order valence-corrected chi connectivity index (χ4v) is 2.51. The second-order valence-corrected chi connectivity index (χ2v) is 5.48. The van der Waals surface area contributed by atoms with Crippen molar-refractivity contribution in [2.45, 2.75) is 25.9 Å². The molecule has 3 rings (SSSR count). The van der Waals surface area contributed by atoms with Gasteiger partial charge in [-0.3, -0.25) is 0 Å². The Hall–Kier alpha value is -1.66. The van der Waals surface area contributed by atoms with E-state index in [0.29, 0.717) is 19.1 Å². The van der Waals surface area contributed by atoms with E-state index in [9.17, 15) is 0 Å². The molecule has 1 aliphatic rings. The zero-order valence-corrected chi connectivity index (χ0v) is 12.0. The Kier molecular flexibility index (Phi) is 3.58. The van der Waals surface area contributed by atoms with Crippen LogP contribution in [0.15, 0.2) is 18.5 Å². The number of nitrogens with zero attached hydrogens (tertiary/aromatic N) is 4. The predicted octanol–water partition coefficient (Wildman–Crippen LogP) is 1.02. The molecule has 0 aromatic carbocycles. The Morgan fingerprint density at radius 1 is 1.50 bits per heavy atom. The third-order valence-corrected chi connectivity index (χ3v) is 3.68. The van der Waals surface area contributed by atoms with Gasteiger partial charge in [-0.15, -0.1) is 0 Å². The van der Waals surface area contributed by atoms with E-state index >= 15 is 0 Å². The van der Waals surface area contributed by atoms with Crippen molar-refractivity contribution in [3.8, 4) is 0 Å². The second-order valence-electron chi connectivity index (χ2n) is 5.48. The molecular weight excluding hydrogens is 254 g/mol. The summed E-state index contributed by atoms with van der Waals surface area (Å²) in [5.74, 6) is 1.37. The number of aromatic nitrogens is 3. The fourth-order valence-electron chi connectivity index (χ4n) is 2.51. The number of fused-ring (bicyclic) bond motifs is 1. The molecule has 6 heteroatoms. The van der Waals surface area contributed by atoms with Crippen molar-refractivity contribution in [1.29, 1.82) is 0 Å². The van der Waals surface area contributed by atoms with Gasteiger partial charge in [-0.2, -0.15) is 5.10 Å². The lowest BCUT2D eigenvalue weighted by Crippen LogP contribution is -2.46. The zero-order chi connectivity index (χ0) is 14.1. The summed E-state index contributed by atoms with van der Waals surface area (Å²) in [5, 5.41) is 4.60. The number of morpholine rings is 1. The molecule has 0 radical (unpaired) electrons. The highest BCUT2D eigenvalue weighted by Crippen LogP contribution is 2.24. The third kappa shape index (κ3) is 2.36. The molecule has 108 valence electrons. The van der Waals surface area contributed by atoms with Gasteiger partial charge in [-0.1, -0.05) is 13.8 Å². The fraction of sp³-hybridized carbons (Fsp3) is 0.571. The van der Waals surface area contributed by atoms with E-state index in [1.54, 1.807) is 6.20 Å². The molecule has 0 spiro atoms. The van der Waals surface area contributed by atoms with Crippen LogP contribution < -0.4 is 10.6 Å². The molecule has 6 nitrogen and oxygen atoms in total. The largest absolute Gasteiger partial charge is 0.373 e. The maximum Gasteiger partial charge on any atom is 0.154 e. The van der Waals surface area contributed by atoms with Crippen molar-refractivity contribution in [2.75, 3.05) is 31.1 Å². The number of rotatable bonds is 3. The molecule has 0 amide bonds. The van der Waals surface area contributed by atoms with Gasteiger partial charge in [0.1, 0.15) is 5.52 Å². The Balaban J connectivity index is 1.98. The van der Waals surface area contributed by atoms with E-state index in [4.69, 9.17) is 10.5 Å². The van der Waals surface area contributed by atoms with E-state index in [-0.39, 0.29) is 6.10 Å². The van der Waals surface area contributed by atoms with Crippen LogP contribution in [0.5, 0.6) is 0 Å². The molecule has 20 heavy (non-hydrogen) atoms. The predicted molar refractivity (Wildman–Crippen MR) is 78.1 cm³/mol. The van der Waals surface area contributed by atoms with Gasteiger partial charge in [-0.25, -0.2) is 9.50 Å². The molecule has 0 saturated carbocycles. The quantitative estimate of drug-likeness (QED) is 0.905. The van der Waals surface area contributed by atoms with Gasteiger partial charge in [0.05, 0.1) is 18.4 Å². The monoisotopic (exact) mass is 275 g/mol. The number of hydrogen-bond acceptors (Lipinski definition) is 5. The van der Waals surface area contributed by atoms with Crippen molar-refractivity contribution in [2.24, 2.45) is 5.73 Å². The minimum absolute atomic E-state index is 0.0818. The van der Waals surface area contributed by atoms with Gasteiger partial charge in [-0.05, 0) is 12.0 Å². The first-order valence-corrected chi connectivity index (χ1v) is 7.10. The lowest BCUT2D eigenvalue weighted by atomic mass is 10.1. The van der Waals surface area contributed by atoms with Crippen molar-refractivity contribution < 1.29 is 4.74 Å². The molecule has 0 bridgehead atoms. The molecule has 1 unspecified atom stereocenters. The summed E-state index contributed by atoms with van der Waals surface area (Å²) in [5.41, 5.74) is 7.85. The van der Waals surface area contributed by atoms with Gasteiger partial charge in [0.2, 0.25) is 0 Å². The van der Waals surface area contributed by atoms with Crippen LogP contribution in [0, 0.1) is 0 Å². The molecule has 1 atom stereocenters. The van der Waals surface area contributed by atoms with Crippen molar-refractivity contribution >= 4 is 11.3 Å². The average molecular weight is 275 g/mol. The number of hydrogen-bond donors (Lipinski definition) is 1. The van der Waals surface area contributed by atoms with Crippen LogP contribution in [0.3, 0.4) is 0 Å². The summed E-state index contributed by atoms with van der Waals surface area (Å²) in [6.07, 6.45) is 3.77. The standard InChI is InChI=1S/C14H21N5O/c1-10(2)12-7-13-14(16-3-4-19(13)17-12)18-5-6-20-11(8-15)9-18/h3-4,7,10-11H,5-6,8-9,15H2,1-2H3.